The van der Waals surface area contributed by atoms with Crippen molar-refractivity contribution in [2.75, 3.05) is 12.8 Å². The Morgan fingerprint density at radius 1 is 1.35 bits per heavy atom. The van der Waals surface area contributed by atoms with Crippen LogP contribution in [0.15, 0.2) is 43.0 Å². The van der Waals surface area contributed by atoms with Crippen molar-refractivity contribution in [2.24, 2.45) is 5.92 Å². The van der Waals surface area contributed by atoms with Crippen molar-refractivity contribution in [3.63, 3.8) is 0 Å². The van der Waals surface area contributed by atoms with Crippen LogP contribution in [0.1, 0.15) is 20.3 Å². The minimum atomic E-state index is -2.75. The van der Waals surface area contributed by atoms with Crippen molar-refractivity contribution in [3.8, 4) is 0 Å². The molecule has 0 aromatic heterocycles. The van der Waals surface area contributed by atoms with Gasteiger partial charge in [0.2, 0.25) is 7.37 Å². The van der Waals surface area contributed by atoms with Gasteiger partial charge in [-0.25, -0.2) is 0 Å². The summed E-state index contributed by atoms with van der Waals surface area (Å²) in [6, 6.07) is 9.41. The van der Waals surface area contributed by atoms with Crippen molar-refractivity contribution >= 4 is 12.7 Å². The molecule has 3 heteroatoms. The average Bonchev–Trinajstić information content (AvgIpc) is 2.30. The summed E-state index contributed by atoms with van der Waals surface area (Å²) >= 11 is 0. The number of benzene rings is 1. The molecule has 0 N–H and O–H groups in total. The number of hydrogen-bond acceptors (Lipinski definition) is 2. The van der Waals surface area contributed by atoms with E-state index in [4.69, 9.17) is 4.52 Å². The van der Waals surface area contributed by atoms with Gasteiger partial charge in [0.25, 0.3) is 0 Å². The van der Waals surface area contributed by atoms with E-state index < -0.39 is 7.37 Å². The summed E-state index contributed by atoms with van der Waals surface area (Å²) < 4.78 is 18.4. The zero-order valence-corrected chi connectivity index (χ0v) is 11.5. The second-order valence-corrected chi connectivity index (χ2v) is 6.98. The standard InChI is InChI=1S/C14H21O2P/c1-4-12-17(15,16-11-10-13(2)3)14-8-6-5-7-9-14/h4-9,13H,1,10-12H2,2-3H3. The first-order valence-corrected chi connectivity index (χ1v) is 7.79. The molecule has 0 heterocycles. The maximum absolute atomic E-state index is 12.7. The molecule has 0 aliphatic heterocycles. The minimum Gasteiger partial charge on any atom is -0.325 e. The van der Waals surface area contributed by atoms with Gasteiger partial charge in [-0.2, -0.15) is 0 Å². The Kier molecular flexibility index (Phi) is 5.67. The summed E-state index contributed by atoms with van der Waals surface area (Å²) in [6.45, 7) is 8.46. The normalized spacial score (nSPS) is 14.5. The van der Waals surface area contributed by atoms with E-state index in [1.54, 1.807) is 6.08 Å². The molecule has 1 aromatic rings. The van der Waals surface area contributed by atoms with E-state index in [1.807, 2.05) is 30.3 Å². The van der Waals surface area contributed by atoms with Crippen LogP contribution in [0.2, 0.25) is 0 Å². The van der Waals surface area contributed by atoms with Gasteiger partial charge < -0.3 is 4.52 Å². The highest BCUT2D eigenvalue weighted by molar-refractivity contribution is 7.67. The van der Waals surface area contributed by atoms with Crippen molar-refractivity contribution in [1.29, 1.82) is 0 Å². The van der Waals surface area contributed by atoms with E-state index in [2.05, 4.69) is 20.4 Å². The van der Waals surface area contributed by atoms with Crippen LogP contribution >= 0.6 is 7.37 Å². The molecule has 0 bridgehead atoms. The van der Waals surface area contributed by atoms with Crippen LogP contribution in [0.3, 0.4) is 0 Å². The Hall–Kier alpha value is -0.850. The van der Waals surface area contributed by atoms with E-state index >= 15 is 0 Å². The number of rotatable bonds is 7. The average molecular weight is 252 g/mol. The molecule has 0 radical (unpaired) electrons. The first-order chi connectivity index (χ1) is 8.08. The van der Waals surface area contributed by atoms with Crippen molar-refractivity contribution in [1.82, 2.24) is 0 Å². The van der Waals surface area contributed by atoms with Gasteiger partial charge in [0.05, 0.1) is 6.61 Å². The topological polar surface area (TPSA) is 26.3 Å². The molecule has 0 spiro atoms. The largest absolute Gasteiger partial charge is 0.325 e. The van der Waals surface area contributed by atoms with Crippen LogP contribution in [0.5, 0.6) is 0 Å². The zero-order chi connectivity index (χ0) is 12.7. The highest BCUT2D eigenvalue weighted by Crippen LogP contribution is 2.45. The van der Waals surface area contributed by atoms with Crippen LogP contribution in [-0.2, 0) is 9.09 Å². The van der Waals surface area contributed by atoms with E-state index in [0.717, 1.165) is 11.7 Å². The van der Waals surface area contributed by atoms with E-state index in [9.17, 15) is 4.57 Å². The summed E-state index contributed by atoms with van der Waals surface area (Å²) in [5.74, 6) is 0.558. The highest BCUT2D eigenvalue weighted by atomic mass is 31.2. The Morgan fingerprint density at radius 2 is 2.00 bits per heavy atom. The molecule has 0 saturated heterocycles. The van der Waals surface area contributed by atoms with Gasteiger partial charge in [0.1, 0.15) is 0 Å². The zero-order valence-electron chi connectivity index (χ0n) is 10.6. The van der Waals surface area contributed by atoms with E-state index in [-0.39, 0.29) is 0 Å². The first-order valence-electron chi connectivity index (χ1n) is 5.98. The third kappa shape index (κ3) is 4.49. The summed E-state index contributed by atoms with van der Waals surface area (Å²) in [4.78, 5) is 0. The second kappa shape index (κ2) is 6.78. The fourth-order valence-electron chi connectivity index (χ4n) is 1.49. The van der Waals surface area contributed by atoms with Gasteiger partial charge in [-0.1, -0.05) is 38.1 Å². The Bertz CT molecular complexity index is 384. The highest BCUT2D eigenvalue weighted by Gasteiger charge is 2.23. The summed E-state index contributed by atoms with van der Waals surface area (Å²) in [5.41, 5.74) is 0. The molecule has 1 aromatic carbocycles. The maximum Gasteiger partial charge on any atom is 0.235 e. The van der Waals surface area contributed by atoms with Crippen molar-refractivity contribution < 1.29 is 9.09 Å². The predicted molar refractivity (Wildman–Crippen MR) is 74.2 cm³/mol. The monoisotopic (exact) mass is 252 g/mol. The van der Waals surface area contributed by atoms with Crippen LogP contribution in [0.4, 0.5) is 0 Å². The summed E-state index contributed by atoms with van der Waals surface area (Å²) in [6.07, 6.45) is 2.99. The molecule has 1 rings (SSSR count). The third-order valence-electron chi connectivity index (χ3n) is 2.51. The molecular formula is C14H21O2P. The molecule has 2 nitrogen and oxygen atoms in total. The maximum atomic E-state index is 12.7. The molecule has 17 heavy (non-hydrogen) atoms. The predicted octanol–water partition coefficient (Wildman–Crippen LogP) is 3.84. The number of hydrogen-bond donors (Lipinski definition) is 0. The van der Waals surface area contributed by atoms with Gasteiger partial charge in [-0.05, 0) is 24.5 Å². The number of allylic oxidation sites excluding steroid dienone is 1. The van der Waals surface area contributed by atoms with Crippen molar-refractivity contribution in [2.45, 2.75) is 20.3 Å². The SMILES string of the molecule is C=CCP(=O)(OCCC(C)C)c1ccccc1. The van der Waals surface area contributed by atoms with Gasteiger partial charge in [0, 0.05) is 11.5 Å². The van der Waals surface area contributed by atoms with Gasteiger partial charge in [0.15, 0.2) is 0 Å². The first kappa shape index (κ1) is 14.2. The lowest BCUT2D eigenvalue weighted by molar-refractivity contribution is 0.295. The molecule has 0 amide bonds. The minimum absolute atomic E-state index is 0.398. The fourth-order valence-corrected chi connectivity index (χ4v) is 3.33. The second-order valence-electron chi connectivity index (χ2n) is 4.50. The lowest BCUT2D eigenvalue weighted by atomic mass is 10.2. The van der Waals surface area contributed by atoms with Crippen LogP contribution in [0.25, 0.3) is 0 Å². The lowest BCUT2D eigenvalue weighted by Crippen LogP contribution is -2.10. The third-order valence-corrected chi connectivity index (χ3v) is 4.94. The van der Waals surface area contributed by atoms with E-state index in [1.165, 1.54) is 0 Å². The van der Waals surface area contributed by atoms with Crippen molar-refractivity contribution in [3.05, 3.63) is 43.0 Å². The van der Waals surface area contributed by atoms with E-state index in [0.29, 0.717) is 18.7 Å². The molecule has 1 unspecified atom stereocenters. The van der Waals surface area contributed by atoms with Crippen LogP contribution in [0, 0.1) is 5.92 Å². The van der Waals surface area contributed by atoms with Crippen LogP contribution in [-0.4, -0.2) is 12.8 Å². The molecule has 0 aliphatic carbocycles. The fraction of sp³-hybridized carbons (Fsp3) is 0.429. The Labute approximate surface area is 104 Å². The summed E-state index contributed by atoms with van der Waals surface area (Å²) in [7, 11) is -2.75. The lowest BCUT2D eigenvalue weighted by Gasteiger charge is -2.18. The van der Waals surface area contributed by atoms with Gasteiger partial charge in [-0.3, -0.25) is 4.57 Å². The molecule has 94 valence electrons. The van der Waals surface area contributed by atoms with Crippen LogP contribution < -0.4 is 5.30 Å². The quantitative estimate of drug-likeness (QED) is 0.544. The van der Waals surface area contributed by atoms with Gasteiger partial charge in [-0.15, -0.1) is 6.58 Å². The molecule has 0 aliphatic rings. The molecule has 0 saturated carbocycles. The Morgan fingerprint density at radius 3 is 2.53 bits per heavy atom. The Balaban J connectivity index is 2.76. The molecular weight excluding hydrogens is 231 g/mol. The molecule has 1 atom stereocenters. The summed E-state index contributed by atoms with van der Waals surface area (Å²) in [5, 5.41) is 0.781. The molecule has 0 fully saturated rings. The smallest absolute Gasteiger partial charge is 0.235 e. The van der Waals surface area contributed by atoms with Gasteiger partial charge >= 0.3 is 0 Å².